The van der Waals surface area contributed by atoms with E-state index >= 15 is 0 Å². The lowest BCUT2D eigenvalue weighted by atomic mass is 10.1. The Morgan fingerprint density at radius 2 is 1.92 bits per heavy atom. The molecule has 1 atom stereocenters. The maximum Gasteiger partial charge on any atom is 0.338 e. The number of nitrogens with zero attached hydrogens (tertiary/aromatic N) is 4. The van der Waals surface area contributed by atoms with Gasteiger partial charge in [0.1, 0.15) is 0 Å². The normalized spacial score (nSPS) is 17.7. The molecule has 1 aromatic heterocycles. The predicted octanol–water partition coefficient (Wildman–Crippen LogP) is 2.37. The molecule has 0 bridgehead atoms. The highest BCUT2D eigenvalue weighted by atomic mass is 16.5. The lowest BCUT2D eigenvalue weighted by molar-refractivity contribution is 0.0526. The molecule has 0 spiro atoms. The summed E-state index contributed by atoms with van der Waals surface area (Å²) in [6, 6.07) is 9.75. The molecule has 6 nitrogen and oxygen atoms in total. The number of aromatic nitrogens is 2. The molecule has 1 fully saturated rings. The zero-order valence-electron chi connectivity index (χ0n) is 14.1. The van der Waals surface area contributed by atoms with E-state index in [-0.39, 0.29) is 5.97 Å². The summed E-state index contributed by atoms with van der Waals surface area (Å²) >= 11 is 0. The summed E-state index contributed by atoms with van der Waals surface area (Å²) in [6.07, 6.45) is 3.55. The Balaban J connectivity index is 1.66. The molecular formula is C18H22N4O2. The fourth-order valence-electron chi connectivity index (χ4n) is 2.95. The maximum absolute atomic E-state index is 11.7. The second-order valence-electron chi connectivity index (χ2n) is 5.80. The fraction of sp³-hybridized carbons (Fsp3) is 0.389. The molecular weight excluding hydrogens is 304 g/mol. The summed E-state index contributed by atoms with van der Waals surface area (Å²) in [6.45, 7) is 7.02. The van der Waals surface area contributed by atoms with Crippen LogP contribution >= 0.6 is 0 Å². The van der Waals surface area contributed by atoms with E-state index in [9.17, 15) is 4.79 Å². The van der Waals surface area contributed by atoms with Crippen LogP contribution in [0.25, 0.3) is 0 Å². The van der Waals surface area contributed by atoms with Crippen molar-refractivity contribution in [1.29, 1.82) is 0 Å². The highest BCUT2D eigenvalue weighted by Crippen LogP contribution is 2.22. The first-order valence-corrected chi connectivity index (χ1v) is 8.25. The molecule has 0 amide bonds. The van der Waals surface area contributed by atoms with Gasteiger partial charge in [-0.05, 0) is 44.2 Å². The van der Waals surface area contributed by atoms with Gasteiger partial charge in [0.25, 0.3) is 0 Å². The molecule has 0 aliphatic carbocycles. The topological polar surface area (TPSA) is 58.6 Å². The first kappa shape index (κ1) is 16.2. The Kier molecular flexibility index (Phi) is 4.93. The van der Waals surface area contributed by atoms with Crippen molar-refractivity contribution in [1.82, 2.24) is 9.97 Å². The Bertz CT molecular complexity index is 675. The highest BCUT2D eigenvalue weighted by Gasteiger charge is 2.25. The van der Waals surface area contributed by atoms with Crippen LogP contribution in [0.4, 0.5) is 11.6 Å². The molecule has 1 aromatic carbocycles. The quantitative estimate of drug-likeness (QED) is 0.804. The van der Waals surface area contributed by atoms with Crippen LogP contribution in [0.1, 0.15) is 24.2 Å². The van der Waals surface area contributed by atoms with Crippen LogP contribution in [0.2, 0.25) is 0 Å². The SMILES string of the molecule is CCOC(=O)c1ccc(N2CCN(c3ncccn3)[C@H](C)C2)cc1. The lowest BCUT2D eigenvalue weighted by Crippen LogP contribution is -2.52. The van der Waals surface area contributed by atoms with Crippen LogP contribution in [0, 0.1) is 0 Å². The molecule has 6 heteroatoms. The average molecular weight is 326 g/mol. The Labute approximate surface area is 142 Å². The van der Waals surface area contributed by atoms with Crippen LogP contribution < -0.4 is 9.80 Å². The number of carbonyl (C=O) groups excluding carboxylic acids is 1. The van der Waals surface area contributed by atoms with E-state index in [0.29, 0.717) is 18.2 Å². The van der Waals surface area contributed by atoms with E-state index in [1.165, 1.54) is 0 Å². The number of hydrogen-bond acceptors (Lipinski definition) is 6. The number of hydrogen-bond donors (Lipinski definition) is 0. The van der Waals surface area contributed by atoms with Gasteiger partial charge in [0.15, 0.2) is 0 Å². The van der Waals surface area contributed by atoms with Crippen LogP contribution in [-0.4, -0.2) is 48.2 Å². The van der Waals surface area contributed by atoms with Gasteiger partial charge in [0.05, 0.1) is 12.2 Å². The van der Waals surface area contributed by atoms with Crippen molar-refractivity contribution in [2.24, 2.45) is 0 Å². The standard InChI is InChI=1S/C18H22N4O2/c1-3-24-17(23)15-5-7-16(8-6-15)21-11-12-22(14(2)13-21)18-19-9-4-10-20-18/h4-10,14H,3,11-13H2,1-2H3/t14-/m1/s1. The van der Waals surface area contributed by atoms with Crippen molar-refractivity contribution in [2.75, 3.05) is 36.0 Å². The van der Waals surface area contributed by atoms with E-state index in [2.05, 4.69) is 26.7 Å². The summed E-state index contributed by atoms with van der Waals surface area (Å²) in [7, 11) is 0. The number of benzene rings is 1. The van der Waals surface area contributed by atoms with Crippen molar-refractivity contribution in [3.8, 4) is 0 Å². The van der Waals surface area contributed by atoms with Gasteiger partial charge in [-0.3, -0.25) is 0 Å². The van der Waals surface area contributed by atoms with E-state index in [1.54, 1.807) is 12.4 Å². The van der Waals surface area contributed by atoms with Crippen molar-refractivity contribution in [2.45, 2.75) is 19.9 Å². The van der Waals surface area contributed by atoms with Gasteiger partial charge in [-0.15, -0.1) is 0 Å². The van der Waals surface area contributed by atoms with Crippen molar-refractivity contribution >= 4 is 17.6 Å². The fourth-order valence-corrected chi connectivity index (χ4v) is 2.95. The largest absolute Gasteiger partial charge is 0.462 e. The molecule has 3 rings (SSSR count). The Morgan fingerprint density at radius 1 is 1.21 bits per heavy atom. The maximum atomic E-state index is 11.7. The zero-order valence-corrected chi connectivity index (χ0v) is 14.1. The summed E-state index contributed by atoms with van der Waals surface area (Å²) < 4.78 is 5.02. The predicted molar refractivity (Wildman–Crippen MR) is 93.5 cm³/mol. The number of rotatable bonds is 4. The molecule has 1 aliphatic rings. The monoisotopic (exact) mass is 326 g/mol. The zero-order chi connectivity index (χ0) is 16.9. The molecule has 24 heavy (non-hydrogen) atoms. The summed E-state index contributed by atoms with van der Waals surface area (Å²) in [5, 5.41) is 0. The third-order valence-corrected chi connectivity index (χ3v) is 4.18. The van der Waals surface area contributed by atoms with Gasteiger partial charge in [0.2, 0.25) is 5.95 Å². The van der Waals surface area contributed by atoms with Crippen LogP contribution in [0.15, 0.2) is 42.7 Å². The van der Waals surface area contributed by atoms with E-state index in [1.807, 2.05) is 37.3 Å². The molecule has 0 saturated carbocycles. The van der Waals surface area contributed by atoms with Crippen LogP contribution in [0.5, 0.6) is 0 Å². The second kappa shape index (κ2) is 7.29. The van der Waals surface area contributed by atoms with Gasteiger partial charge < -0.3 is 14.5 Å². The van der Waals surface area contributed by atoms with E-state index in [4.69, 9.17) is 4.74 Å². The third kappa shape index (κ3) is 3.48. The first-order valence-electron chi connectivity index (χ1n) is 8.25. The molecule has 2 heterocycles. The summed E-state index contributed by atoms with van der Waals surface area (Å²) in [5.74, 6) is 0.505. The number of anilines is 2. The number of ether oxygens (including phenoxy) is 1. The first-order chi connectivity index (χ1) is 11.7. The molecule has 0 unspecified atom stereocenters. The van der Waals surface area contributed by atoms with Gasteiger partial charge >= 0.3 is 5.97 Å². The highest BCUT2D eigenvalue weighted by molar-refractivity contribution is 5.89. The molecule has 0 radical (unpaired) electrons. The molecule has 1 saturated heterocycles. The smallest absolute Gasteiger partial charge is 0.338 e. The summed E-state index contributed by atoms with van der Waals surface area (Å²) in [5.41, 5.74) is 1.70. The molecule has 126 valence electrons. The van der Waals surface area contributed by atoms with Gasteiger partial charge in [-0.1, -0.05) is 0 Å². The molecule has 1 aliphatic heterocycles. The van der Waals surface area contributed by atoms with E-state index < -0.39 is 0 Å². The number of esters is 1. The van der Waals surface area contributed by atoms with E-state index in [0.717, 1.165) is 31.3 Å². The minimum Gasteiger partial charge on any atom is -0.462 e. The Hall–Kier alpha value is -2.63. The molecule has 0 N–H and O–H groups in total. The van der Waals surface area contributed by atoms with Crippen molar-refractivity contribution in [3.05, 3.63) is 48.3 Å². The molecule has 2 aromatic rings. The minimum absolute atomic E-state index is 0.275. The number of carbonyl (C=O) groups is 1. The summed E-state index contributed by atoms with van der Waals surface area (Å²) in [4.78, 5) is 25.0. The van der Waals surface area contributed by atoms with Gasteiger partial charge in [-0.25, -0.2) is 14.8 Å². The number of piperazine rings is 1. The second-order valence-corrected chi connectivity index (χ2v) is 5.80. The minimum atomic E-state index is -0.275. The van der Waals surface area contributed by atoms with Crippen LogP contribution in [-0.2, 0) is 4.74 Å². The van der Waals surface area contributed by atoms with Gasteiger partial charge in [-0.2, -0.15) is 0 Å². The van der Waals surface area contributed by atoms with Crippen molar-refractivity contribution in [3.63, 3.8) is 0 Å². The third-order valence-electron chi connectivity index (χ3n) is 4.18. The van der Waals surface area contributed by atoms with Crippen LogP contribution in [0.3, 0.4) is 0 Å². The Morgan fingerprint density at radius 3 is 2.54 bits per heavy atom. The van der Waals surface area contributed by atoms with Gasteiger partial charge in [0, 0.05) is 43.8 Å². The van der Waals surface area contributed by atoms with Crippen molar-refractivity contribution < 1.29 is 9.53 Å². The lowest BCUT2D eigenvalue weighted by Gasteiger charge is -2.41. The average Bonchev–Trinajstić information content (AvgIpc) is 2.63.